The number of primary amides is 1. The molecule has 12 nitrogen and oxygen atoms in total. The molecule has 3 aromatic carbocycles. The summed E-state index contributed by atoms with van der Waals surface area (Å²) in [6, 6.07) is 18.8. The number of hydrogen-bond acceptors (Lipinski definition) is 7. The monoisotopic (exact) mass is 589 g/mol. The summed E-state index contributed by atoms with van der Waals surface area (Å²) in [6.07, 6.45) is -0.433. The number of carboxylic acid groups (broad SMARTS) is 1. The zero-order chi connectivity index (χ0) is 31.4. The molecule has 4 unspecified atom stereocenters. The van der Waals surface area contributed by atoms with Crippen LogP contribution in [-0.2, 0) is 43.2 Å². The highest BCUT2D eigenvalue weighted by atomic mass is 16.4. The minimum atomic E-state index is -1.60. The lowest BCUT2D eigenvalue weighted by Crippen LogP contribution is -2.58. The molecule has 0 saturated heterocycles. The van der Waals surface area contributed by atoms with E-state index in [1.54, 1.807) is 72.8 Å². The molecule has 0 radical (unpaired) electrons. The molecule has 0 aliphatic rings. The number of carbonyl (C=O) groups excluding carboxylic acids is 4. The Bertz CT molecular complexity index is 1400. The van der Waals surface area contributed by atoms with Gasteiger partial charge in [-0.3, -0.25) is 19.2 Å². The zero-order valence-electron chi connectivity index (χ0n) is 23.3. The number of carboxylic acids is 1. The Morgan fingerprint density at radius 3 is 1.47 bits per heavy atom. The minimum Gasteiger partial charge on any atom is -0.508 e. The third-order valence-electron chi connectivity index (χ3n) is 6.58. The van der Waals surface area contributed by atoms with Gasteiger partial charge in [0.2, 0.25) is 23.6 Å². The van der Waals surface area contributed by atoms with Gasteiger partial charge in [0.1, 0.15) is 23.9 Å². The molecule has 0 aliphatic carbocycles. The van der Waals surface area contributed by atoms with Crippen molar-refractivity contribution in [3.05, 3.63) is 102 Å². The van der Waals surface area contributed by atoms with Crippen LogP contribution in [0.25, 0.3) is 0 Å². The van der Waals surface area contributed by atoms with Crippen molar-refractivity contribution < 1.29 is 34.2 Å². The van der Waals surface area contributed by atoms with Crippen molar-refractivity contribution >= 4 is 29.6 Å². The third-order valence-corrected chi connectivity index (χ3v) is 6.58. The highest BCUT2D eigenvalue weighted by molar-refractivity contribution is 5.95. The van der Waals surface area contributed by atoms with E-state index < -0.39 is 60.2 Å². The number of nitrogens with one attached hydrogen (secondary N) is 3. The van der Waals surface area contributed by atoms with Gasteiger partial charge in [-0.2, -0.15) is 0 Å². The first-order chi connectivity index (χ1) is 20.5. The van der Waals surface area contributed by atoms with Gasteiger partial charge in [0.25, 0.3) is 0 Å². The van der Waals surface area contributed by atoms with Gasteiger partial charge in [0, 0.05) is 12.8 Å². The van der Waals surface area contributed by atoms with Crippen molar-refractivity contribution in [1.82, 2.24) is 16.0 Å². The lowest BCUT2D eigenvalue weighted by atomic mass is 10.0. The predicted octanol–water partition coefficient (Wildman–Crippen LogP) is 0.162. The van der Waals surface area contributed by atoms with Gasteiger partial charge in [0.15, 0.2) is 0 Å². The largest absolute Gasteiger partial charge is 0.508 e. The first-order valence-electron chi connectivity index (χ1n) is 13.6. The lowest BCUT2D eigenvalue weighted by Gasteiger charge is -2.25. The van der Waals surface area contributed by atoms with E-state index in [1.165, 1.54) is 12.1 Å². The van der Waals surface area contributed by atoms with Crippen LogP contribution in [0.15, 0.2) is 84.9 Å². The number of aliphatic carboxylic acids is 1. The molecular formula is C31H35N5O7. The number of rotatable bonds is 15. The smallest absolute Gasteiger partial charge is 0.326 e. The van der Waals surface area contributed by atoms with E-state index in [9.17, 15) is 34.2 Å². The summed E-state index contributed by atoms with van der Waals surface area (Å²) >= 11 is 0. The Balaban J connectivity index is 1.82. The van der Waals surface area contributed by atoms with Crippen molar-refractivity contribution in [2.24, 2.45) is 11.5 Å². The maximum absolute atomic E-state index is 13.6. The Hall–Kier alpha value is -5.23. The van der Waals surface area contributed by atoms with E-state index in [1.807, 2.05) is 0 Å². The molecule has 4 amide bonds. The number of carbonyl (C=O) groups is 5. The lowest BCUT2D eigenvalue weighted by molar-refractivity contribution is -0.143. The van der Waals surface area contributed by atoms with Gasteiger partial charge in [-0.1, -0.05) is 72.8 Å². The number of aromatic hydroxyl groups is 1. The molecule has 0 fully saturated rings. The van der Waals surface area contributed by atoms with E-state index in [4.69, 9.17) is 11.5 Å². The summed E-state index contributed by atoms with van der Waals surface area (Å²) in [5.74, 6) is -4.48. The van der Waals surface area contributed by atoms with Crippen molar-refractivity contribution in [3.8, 4) is 5.75 Å². The van der Waals surface area contributed by atoms with Crippen LogP contribution in [-0.4, -0.2) is 64.0 Å². The van der Waals surface area contributed by atoms with Crippen molar-refractivity contribution in [1.29, 1.82) is 0 Å². The molecule has 0 aliphatic heterocycles. The fourth-order valence-electron chi connectivity index (χ4n) is 4.32. The molecule has 0 bridgehead atoms. The van der Waals surface area contributed by atoms with Gasteiger partial charge in [-0.25, -0.2) is 4.79 Å². The number of hydrogen-bond donors (Lipinski definition) is 7. The number of nitrogens with two attached hydrogens (primary N) is 2. The van der Waals surface area contributed by atoms with E-state index in [0.717, 1.165) is 5.56 Å². The minimum absolute atomic E-state index is 0.00626. The second-order valence-electron chi connectivity index (χ2n) is 10.0. The van der Waals surface area contributed by atoms with E-state index in [0.29, 0.717) is 11.1 Å². The Morgan fingerprint density at radius 1 is 0.605 bits per heavy atom. The Kier molecular flexibility index (Phi) is 11.8. The summed E-state index contributed by atoms with van der Waals surface area (Å²) in [4.78, 5) is 63.0. The molecule has 3 rings (SSSR count). The maximum atomic E-state index is 13.6. The SMILES string of the molecule is NC(=O)CC(NC(=O)C(Cc1ccccc1)NC(=O)C(Cc1ccccc1)NC(=O)C(N)Cc1ccc(O)cc1)C(=O)O. The maximum Gasteiger partial charge on any atom is 0.326 e. The van der Waals surface area contributed by atoms with Crippen LogP contribution in [0.3, 0.4) is 0 Å². The number of amides is 4. The predicted molar refractivity (Wildman–Crippen MR) is 157 cm³/mol. The molecule has 0 aromatic heterocycles. The first kappa shape index (κ1) is 32.3. The number of benzene rings is 3. The Labute approximate surface area is 248 Å². The topological polar surface area (TPSA) is 214 Å². The molecule has 12 heteroatoms. The average Bonchev–Trinajstić information content (AvgIpc) is 2.98. The zero-order valence-corrected chi connectivity index (χ0v) is 23.3. The summed E-state index contributed by atoms with van der Waals surface area (Å²) in [6.45, 7) is 0. The molecule has 9 N–H and O–H groups in total. The van der Waals surface area contributed by atoms with Gasteiger partial charge in [-0.15, -0.1) is 0 Å². The van der Waals surface area contributed by atoms with Gasteiger partial charge >= 0.3 is 5.97 Å². The van der Waals surface area contributed by atoms with Crippen LogP contribution in [0, 0.1) is 0 Å². The molecule has 3 aromatic rings. The van der Waals surface area contributed by atoms with E-state index in [-0.39, 0.29) is 25.0 Å². The van der Waals surface area contributed by atoms with Crippen LogP contribution < -0.4 is 27.4 Å². The van der Waals surface area contributed by atoms with E-state index in [2.05, 4.69) is 16.0 Å². The quantitative estimate of drug-likeness (QED) is 0.129. The fourth-order valence-corrected chi connectivity index (χ4v) is 4.32. The molecule has 0 spiro atoms. The van der Waals surface area contributed by atoms with Crippen molar-refractivity contribution in [3.63, 3.8) is 0 Å². The van der Waals surface area contributed by atoms with Crippen molar-refractivity contribution in [2.45, 2.75) is 49.9 Å². The molecule has 4 atom stereocenters. The van der Waals surface area contributed by atoms with Gasteiger partial charge in [0.05, 0.1) is 12.5 Å². The van der Waals surface area contributed by atoms with Crippen LogP contribution in [0.2, 0.25) is 0 Å². The number of phenols is 1. The van der Waals surface area contributed by atoms with Gasteiger partial charge in [-0.05, 0) is 35.2 Å². The molecule has 0 heterocycles. The van der Waals surface area contributed by atoms with Crippen LogP contribution in [0.5, 0.6) is 5.75 Å². The van der Waals surface area contributed by atoms with Crippen molar-refractivity contribution in [2.75, 3.05) is 0 Å². The third kappa shape index (κ3) is 10.6. The highest BCUT2D eigenvalue weighted by Crippen LogP contribution is 2.12. The van der Waals surface area contributed by atoms with Crippen LogP contribution in [0.1, 0.15) is 23.1 Å². The normalized spacial score (nSPS) is 13.5. The second-order valence-corrected chi connectivity index (χ2v) is 10.0. The summed E-state index contributed by atoms with van der Waals surface area (Å²) in [7, 11) is 0. The first-order valence-corrected chi connectivity index (χ1v) is 13.6. The summed E-state index contributed by atoms with van der Waals surface area (Å²) in [5, 5.41) is 26.6. The fraction of sp³-hybridized carbons (Fsp3) is 0.258. The summed E-state index contributed by atoms with van der Waals surface area (Å²) < 4.78 is 0. The van der Waals surface area contributed by atoms with Gasteiger partial charge < -0.3 is 37.6 Å². The second kappa shape index (κ2) is 15.7. The molecule has 43 heavy (non-hydrogen) atoms. The van der Waals surface area contributed by atoms with E-state index >= 15 is 0 Å². The molecule has 0 saturated carbocycles. The Morgan fingerprint density at radius 2 is 1.02 bits per heavy atom. The highest BCUT2D eigenvalue weighted by Gasteiger charge is 2.31. The van der Waals surface area contributed by atoms with Crippen LogP contribution >= 0.6 is 0 Å². The summed E-state index contributed by atoms with van der Waals surface area (Å²) in [5.41, 5.74) is 13.4. The van der Waals surface area contributed by atoms with Crippen LogP contribution in [0.4, 0.5) is 0 Å². The standard InChI is InChI=1S/C31H35N5O7/c32-23(15-21-11-13-22(37)14-12-21)28(39)34-24(16-19-7-3-1-4-8-19)29(40)35-25(17-20-9-5-2-6-10-20)30(41)36-26(31(42)43)18-27(33)38/h1-14,23-26,37H,15-18,32H2,(H2,33,38)(H,34,39)(H,35,40)(H,36,41)(H,42,43). The average molecular weight is 590 g/mol. The molecular weight excluding hydrogens is 554 g/mol. The molecule has 226 valence electrons. The number of phenolic OH excluding ortho intramolecular Hbond substituents is 1.